The van der Waals surface area contributed by atoms with Gasteiger partial charge in [-0.25, -0.2) is 0 Å². The van der Waals surface area contributed by atoms with E-state index in [1.165, 1.54) is 15.9 Å². The van der Waals surface area contributed by atoms with E-state index in [1.807, 2.05) is 24.2 Å². The maximum absolute atomic E-state index is 5.75. The molecule has 3 rings (SSSR count). The Morgan fingerprint density at radius 2 is 1.00 bits per heavy atom. The fourth-order valence-electron chi connectivity index (χ4n) is 2.76. The summed E-state index contributed by atoms with van der Waals surface area (Å²) in [4.78, 5) is 0. The van der Waals surface area contributed by atoms with Crippen molar-refractivity contribution in [3.05, 3.63) is 91.0 Å². The van der Waals surface area contributed by atoms with E-state index in [2.05, 4.69) is 85.4 Å². The highest BCUT2D eigenvalue weighted by atomic mass is 32.1. The molecule has 116 valence electrons. The zero-order valence-corrected chi connectivity index (χ0v) is 14.5. The Balaban J connectivity index is 2.36. The summed E-state index contributed by atoms with van der Waals surface area (Å²) in [6.45, 7) is -1.97. The first-order valence-electron chi connectivity index (χ1n) is 7.50. The van der Waals surface area contributed by atoms with E-state index in [0.29, 0.717) is 5.94 Å². The Morgan fingerprint density at radius 3 is 1.30 bits per heavy atom. The molecule has 0 aliphatic heterocycles. The Hall–Kier alpha value is -1.73. The number of hydrogen-bond donors (Lipinski definition) is 1. The molecule has 0 unspecified atom stereocenters. The second kappa shape index (κ2) is 7.70. The minimum Gasteiger partial charge on any atom is -0.342 e. The molecule has 0 atom stereocenters. The second-order valence-corrected chi connectivity index (χ2v) is 8.59. The molecule has 0 aliphatic carbocycles. The van der Waals surface area contributed by atoms with Gasteiger partial charge in [-0.2, -0.15) is 12.6 Å². The standard InChI is InChI=1S/C20H19OPS/c23-17-21-16-22(18-10-4-1-5-11-18,19-12-6-2-7-13-19)20-14-8-3-9-15-20/h1-16,23H,17H2. The van der Waals surface area contributed by atoms with E-state index < -0.39 is 6.89 Å². The number of benzene rings is 3. The Bertz CT molecular complexity index is 682. The molecule has 0 fully saturated rings. The minimum atomic E-state index is -1.97. The van der Waals surface area contributed by atoms with Crippen molar-refractivity contribution in [2.24, 2.45) is 0 Å². The first-order chi connectivity index (χ1) is 11.4. The predicted octanol–water partition coefficient (Wildman–Crippen LogP) is 3.64. The number of hydrogen-bond acceptors (Lipinski definition) is 2. The van der Waals surface area contributed by atoms with Gasteiger partial charge >= 0.3 is 0 Å². The highest BCUT2D eigenvalue weighted by Gasteiger charge is 2.25. The quantitative estimate of drug-likeness (QED) is 0.424. The minimum absolute atomic E-state index is 0.369. The zero-order valence-electron chi connectivity index (χ0n) is 12.7. The molecule has 3 heteroatoms. The summed E-state index contributed by atoms with van der Waals surface area (Å²) < 4.78 is 5.75. The van der Waals surface area contributed by atoms with Crippen LogP contribution < -0.4 is 15.9 Å². The van der Waals surface area contributed by atoms with E-state index in [0.717, 1.165) is 0 Å². The SMILES string of the molecule is SCOC=P(c1ccccc1)(c1ccccc1)c1ccccc1. The summed E-state index contributed by atoms with van der Waals surface area (Å²) >= 11 is 4.23. The van der Waals surface area contributed by atoms with E-state index in [4.69, 9.17) is 4.74 Å². The lowest BCUT2D eigenvalue weighted by Gasteiger charge is -2.27. The van der Waals surface area contributed by atoms with Crippen LogP contribution in [-0.4, -0.2) is 11.9 Å². The maximum Gasteiger partial charge on any atom is 0.0952 e. The molecule has 0 radical (unpaired) electrons. The summed E-state index contributed by atoms with van der Waals surface area (Å²) in [6, 6.07) is 31.8. The van der Waals surface area contributed by atoms with Crippen molar-refractivity contribution in [3.8, 4) is 0 Å². The molecule has 0 N–H and O–H groups in total. The second-order valence-electron chi connectivity index (χ2n) is 5.13. The van der Waals surface area contributed by atoms with Gasteiger partial charge in [-0.1, -0.05) is 91.0 Å². The van der Waals surface area contributed by atoms with Crippen LogP contribution in [-0.2, 0) is 4.74 Å². The predicted molar refractivity (Wildman–Crippen MR) is 106 cm³/mol. The van der Waals surface area contributed by atoms with Crippen LogP contribution in [0.4, 0.5) is 0 Å². The van der Waals surface area contributed by atoms with Crippen LogP contribution in [0.15, 0.2) is 91.0 Å². The summed E-state index contributed by atoms with van der Waals surface area (Å²) in [5.41, 5.74) is 0. The largest absolute Gasteiger partial charge is 0.342 e. The first kappa shape index (κ1) is 16.1. The summed E-state index contributed by atoms with van der Waals surface area (Å²) in [5.74, 6) is 2.38. The lowest BCUT2D eigenvalue weighted by molar-refractivity contribution is 0.410. The third-order valence-corrected chi connectivity index (χ3v) is 7.75. The third kappa shape index (κ3) is 3.30. The van der Waals surface area contributed by atoms with Crippen molar-refractivity contribution in [1.29, 1.82) is 0 Å². The smallest absolute Gasteiger partial charge is 0.0952 e. The molecule has 0 spiro atoms. The van der Waals surface area contributed by atoms with Crippen molar-refractivity contribution >= 4 is 41.4 Å². The van der Waals surface area contributed by atoms with Crippen LogP contribution >= 0.6 is 19.5 Å². The van der Waals surface area contributed by atoms with Crippen LogP contribution in [0.1, 0.15) is 0 Å². The van der Waals surface area contributed by atoms with Crippen molar-refractivity contribution in [3.63, 3.8) is 0 Å². The molecule has 1 nitrogen and oxygen atoms in total. The van der Waals surface area contributed by atoms with Crippen molar-refractivity contribution in [1.82, 2.24) is 0 Å². The average Bonchev–Trinajstić information content (AvgIpc) is 2.65. The van der Waals surface area contributed by atoms with Gasteiger partial charge in [-0.15, -0.1) is 0 Å². The van der Waals surface area contributed by atoms with Gasteiger partial charge in [0.2, 0.25) is 0 Å². The molecule has 0 saturated heterocycles. The average molecular weight is 338 g/mol. The fourth-order valence-corrected chi connectivity index (χ4v) is 6.44. The van der Waals surface area contributed by atoms with Crippen LogP contribution in [0.25, 0.3) is 0 Å². The van der Waals surface area contributed by atoms with Gasteiger partial charge in [0.25, 0.3) is 0 Å². The maximum atomic E-state index is 5.75. The monoisotopic (exact) mass is 338 g/mol. The van der Waals surface area contributed by atoms with Gasteiger partial charge < -0.3 is 4.74 Å². The summed E-state index contributed by atoms with van der Waals surface area (Å²) in [5, 5.41) is 3.83. The fraction of sp³-hybridized carbons (Fsp3) is 0.0500. The van der Waals surface area contributed by atoms with E-state index in [9.17, 15) is 0 Å². The molecular formula is C20H19OPS. The number of thiol groups is 1. The lowest BCUT2D eigenvalue weighted by atomic mass is 10.4. The molecule has 3 aromatic carbocycles. The third-order valence-electron chi connectivity index (χ3n) is 3.80. The van der Waals surface area contributed by atoms with Crippen molar-refractivity contribution in [2.45, 2.75) is 0 Å². The molecular weight excluding hydrogens is 319 g/mol. The summed E-state index contributed by atoms with van der Waals surface area (Å²) in [7, 11) is 0. The van der Waals surface area contributed by atoms with Crippen LogP contribution in [0.2, 0.25) is 0 Å². The van der Waals surface area contributed by atoms with Crippen LogP contribution in [0.3, 0.4) is 0 Å². The number of ether oxygens (including phenoxy) is 1. The normalized spacial score (nSPS) is 11.2. The molecule has 0 amide bonds. The molecule has 0 saturated carbocycles. The van der Waals surface area contributed by atoms with Gasteiger partial charge in [0.05, 0.1) is 5.94 Å². The Labute approximate surface area is 143 Å². The van der Waals surface area contributed by atoms with E-state index >= 15 is 0 Å². The lowest BCUT2D eigenvalue weighted by Crippen LogP contribution is -2.27. The van der Waals surface area contributed by atoms with Gasteiger partial charge in [-0.05, 0) is 22.8 Å². The van der Waals surface area contributed by atoms with Gasteiger partial charge in [-0.3, -0.25) is 0 Å². The van der Waals surface area contributed by atoms with Gasteiger partial charge in [0.15, 0.2) is 0 Å². The molecule has 0 aromatic heterocycles. The highest BCUT2D eigenvalue weighted by Crippen LogP contribution is 2.43. The molecule has 0 aliphatic rings. The Morgan fingerprint density at radius 1 is 0.652 bits per heavy atom. The number of rotatable bonds is 5. The van der Waals surface area contributed by atoms with Gasteiger partial charge in [0.1, 0.15) is 0 Å². The molecule has 3 aromatic rings. The van der Waals surface area contributed by atoms with E-state index in [-0.39, 0.29) is 0 Å². The van der Waals surface area contributed by atoms with Crippen LogP contribution in [0.5, 0.6) is 0 Å². The van der Waals surface area contributed by atoms with E-state index in [1.54, 1.807) is 0 Å². The first-order valence-corrected chi connectivity index (χ1v) is 9.99. The Kier molecular flexibility index (Phi) is 5.40. The van der Waals surface area contributed by atoms with Crippen molar-refractivity contribution < 1.29 is 4.74 Å². The molecule has 0 bridgehead atoms. The zero-order chi connectivity index (χ0) is 16.0. The molecule has 23 heavy (non-hydrogen) atoms. The van der Waals surface area contributed by atoms with Gasteiger partial charge in [0, 0.05) is 5.98 Å². The highest BCUT2D eigenvalue weighted by molar-refractivity contribution is 7.94. The molecule has 0 heterocycles. The summed E-state index contributed by atoms with van der Waals surface area (Å²) in [6.07, 6.45) is 0. The topological polar surface area (TPSA) is 9.23 Å². The van der Waals surface area contributed by atoms with Crippen LogP contribution in [0, 0.1) is 0 Å². The van der Waals surface area contributed by atoms with Crippen molar-refractivity contribution in [2.75, 3.05) is 5.94 Å².